The molecule has 5 aromatic rings. The summed E-state index contributed by atoms with van der Waals surface area (Å²) in [5.74, 6) is 0.134. The number of hydrogen-bond acceptors (Lipinski definition) is 8. The predicted octanol–water partition coefficient (Wildman–Crippen LogP) is 5.46. The fraction of sp³-hybridized carbons (Fsp3) is 0.241. The third kappa shape index (κ3) is 5.18. The van der Waals surface area contributed by atoms with Crippen LogP contribution >= 0.6 is 22.9 Å². The number of halogens is 1. The number of aryl methyl sites for hydroxylation is 1. The van der Waals surface area contributed by atoms with Gasteiger partial charge in [0.05, 0.1) is 40.4 Å². The van der Waals surface area contributed by atoms with Crippen molar-refractivity contribution in [3.63, 3.8) is 0 Å². The molecule has 0 radical (unpaired) electrons. The maximum absolute atomic E-state index is 13.4. The van der Waals surface area contributed by atoms with Gasteiger partial charge in [0.25, 0.3) is 5.91 Å². The number of nitrogens with two attached hydrogens (primary N) is 1. The summed E-state index contributed by atoms with van der Waals surface area (Å²) in [7, 11) is 0. The van der Waals surface area contributed by atoms with Crippen molar-refractivity contribution in [2.75, 3.05) is 37.4 Å². The monoisotopic (exact) mass is 558 g/mol. The van der Waals surface area contributed by atoms with E-state index in [1.165, 1.54) is 17.7 Å². The lowest BCUT2D eigenvalue weighted by Crippen LogP contribution is -2.35. The first-order valence-corrected chi connectivity index (χ1v) is 14.0. The van der Waals surface area contributed by atoms with Crippen LogP contribution in [-0.4, -0.2) is 52.1 Å². The molecule has 6 rings (SSSR count). The van der Waals surface area contributed by atoms with Crippen LogP contribution in [-0.2, 0) is 17.7 Å². The second-order valence-corrected chi connectivity index (χ2v) is 10.9. The molecule has 0 atom stereocenters. The van der Waals surface area contributed by atoms with Gasteiger partial charge in [0.2, 0.25) is 0 Å². The second-order valence-electron chi connectivity index (χ2n) is 9.64. The summed E-state index contributed by atoms with van der Waals surface area (Å²) in [5.41, 5.74) is 11.9. The number of nitrogens with one attached hydrogen (secondary N) is 1. The van der Waals surface area contributed by atoms with Gasteiger partial charge in [0.1, 0.15) is 12.1 Å². The van der Waals surface area contributed by atoms with Gasteiger partial charge in [-0.2, -0.15) is 0 Å². The number of benzene rings is 2. The van der Waals surface area contributed by atoms with Gasteiger partial charge in [-0.3, -0.25) is 14.7 Å². The Labute approximate surface area is 234 Å². The van der Waals surface area contributed by atoms with E-state index < -0.39 is 0 Å². The van der Waals surface area contributed by atoms with E-state index in [0.717, 1.165) is 76.7 Å². The molecule has 1 fully saturated rings. The summed E-state index contributed by atoms with van der Waals surface area (Å²) < 4.78 is 6.19. The number of carbonyl (C=O) groups is 1. The van der Waals surface area contributed by atoms with Crippen LogP contribution in [0.15, 0.2) is 54.3 Å². The first-order chi connectivity index (χ1) is 19.0. The van der Waals surface area contributed by atoms with Crippen molar-refractivity contribution in [1.29, 1.82) is 0 Å². The number of nitrogen functional groups attached to an aromatic ring is 1. The van der Waals surface area contributed by atoms with E-state index in [1.54, 1.807) is 11.6 Å². The fourth-order valence-corrected chi connectivity index (χ4v) is 6.07. The smallest absolute Gasteiger partial charge is 0.258 e. The minimum atomic E-state index is -0.237. The Morgan fingerprint density at radius 2 is 1.97 bits per heavy atom. The lowest BCUT2D eigenvalue weighted by Gasteiger charge is -2.27. The van der Waals surface area contributed by atoms with E-state index in [9.17, 15) is 4.79 Å². The van der Waals surface area contributed by atoms with E-state index in [-0.39, 0.29) is 5.91 Å². The van der Waals surface area contributed by atoms with Gasteiger partial charge in [-0.25, -0.2) is 9.97 Å². The number of fused-ring (bicyclic) bond motifs is 2. The third-order valence-corrected chi connectivity index (χ3v) is 8.44. The van der Waals surface area contributed by atoms with Crippen LogP contribution in [0.1, 0.15) is 32.7 Å². The van der Waals surface area contributed by atoms with Crippen molar-refractivity contribution in [2.24, 2.45) is 0 Å². The van der Waals surface area contributed by atoms with Crippen molar-refractivity contribution < 1.29 is 9.53 Å². The molecule has 3 N–H and O–H groups in total. The Kier molecular flexibility index (Phi) is 7.14. The summed E-state index contributed by atoms with van der Waals surface area (Å²) >= 11 is 7.92. The summed E-state index contributed by atoms with van der Waals surface area (Å²) in [6.07, 6.45) is 3.82. The zero-order valence-electron chi connectivity index (χ0n) is 21.4. The molecule has 3 aromatic heterocycles. The largest absolute Gasteiger partial charge is 0.382 e. The minimum Gasteiger partial charge on any atom is -0.382 e. The SMILES string of the molecule is Cc1ccc2c(Cc3ccc(Cl)c(CN4CCOCC4)c3)nccc2c1NC(=O)c1csc2c(N)ncnc12. The van der Waals surface area contributed by atoms with Crippen LogP contribution in [0.3, 0.4) is 0 Å². The fourth-order valence-electron chi connectivity index (χ4n) is 5.00. The van der Waals surface area contributed by atoms with Gasteiger partial charge < -0.3 is 15.8 Å². The van der Waals surface area contributed by atoms with Gasteiger partial charge in [0.15, 0.2) is 0 Å². The third-order valence-electron chi connectivity index (χ3n) is 7.08. The molecule has 0 unspecified atom stereocenters. The van der Waals surface area contributed by atoms with E-state index in [2.05, 4.69) is 38.4 Å². The van der Waals surface area contributed by atoms with Crippen LogP contribution in [0.5, 0.6) is 0 Å². The van der Waals surface area contributed by atoms with Gasteiger partial charge >= 0.3 is 0 Å². The highest BCUT2D eigenvalue weighted by Gasteiger charge is 2.19. The topological polar surface area (TPSA) is 106 Å². The highest BCUT2D eigenvalue weighted by molar-refractivity contribution is 7.18. The number of thiophene rings is 1. The van der Waals surface area contributed by atoms with Gasteiger partial charge in [-0.15, -0.1) is 11.3 Å². The van der Waals surface area contributed by atoms with Crippen molar-refractivity contribution in [1.82, 2.24) is 19.9 Å². The van der Waals surface area contributed by atoms with Crippen molar-refractivity contribution >= 4 is 61.3 Å². The zero-order valence-corrected chi connectivity index (χ0v) is 23.0. The quantitative estimate of drug-likeness (QED) is 0.285. The molecule has 39 heavy (non-hydrogen) atoms. The van der Waals surface area contributed by atoms with E-state index in [4.69, 9.17) is 27.1 Å². The molecule has 0 saturated carbocycles. The summed E-state index contributed by atoms with van der Waals surface area (Å²) in [6, 6.07) is 12.2. The highest BCUT2D eigenvalue weighted by atomic mass is 35.5. The Hall–Kier alpha value is -3.63. The molecule has 0 spiro atoms. The molecule has 198 valence electrons. The Morgan fingerprint density at radius 1 is 1.13 bits per heavy atom. The van der Waals surface area contributed by atoms with Gasteiger partial charge in [0, 0.05) is 53.4 Å². The maximum Gasteiger partial charge on any atom is 0.258 e. The molecule has 1 aliphatic rings. The van der Waals surface area contributed by atoms with Crippen LogP contribution in [0.2, 0.25) is 5.02 Å². The van der Waals surface area contributed by atoms with Crippen LogP contribution in [0.4, 0.5) is 11.5 Å². The molecule has 2 aromatic carbocycles. The molecular weight excluding hydrogens is 532 g/mol. The Morgan fingerprint density at radius 3 is 2.82 bits per heavy atom. The second kappa shape index (κ2) is 10.9. The van der Waals surface area contributed by atoms with Gasteiger partial charge in [-0.05, 0) is 35.7 Å². The van der Waals surface area contributed by atoms with E-state index >= 15 is 0 Å². The number of nitrogens with zero attached hydrogens (tertiary/aromatic N) is 4. The molecule has 1 saturated heterocycles. The number of morpholine rings is 1. The first kappa shape index (κ1) is 25.6. The number of aromatic nitrogens is 3. The van der Waals surface area contributed by atoms with E-state index in [0.29, 0.717) is 28.0 Å². The molecule has 1 aliphatic heterocycles. The molecule has 1 amide bonds. The van der Waals surface area contributed by atoms with Crippen LogP contribution in [0.25, 0.3) is 21.0 Å². The predicted molar refractivity (Wildman–Crippen MR) is 157 cm³/mol. The lowest BCUT2D eigenvalue weighted by atomic mass is 9.99. The molecule has 0 aliphatic carbocycles. The normalized spacial score (nSPS) is 14.2. The first-order valence-electron chi connectivity index (χ1n) is 12.7. The Bertz CT molecular complexity index is 1700. The standard InChI is InChI=1S/C29H27ClN6O2S/c1-17-2-4-20-21(25(17)35-29(37)22-15-39-27-26(22)33-16-34-28(27)31)6-7-32-24(20)13-18-3-5-23(30)19(12-18)14-36-8-10-38-11-9-36/h2-7,12,15-16H,8-11,13-14H2,1H3,(H,35,37)(H2,31,33,34). The number of carbonyl (C=O) groups excluding carboxylic acids is 1. The Balaban J connectivity index is 1.30. The highest BCUT2D eigenvalue weighted by Crippen LogP contribution is 2.32. The van der Waals surface area contributed by atoms with Gasteiger partial charge in [-0.1, -0.05) is 35.9 Å². The number of rotatable bonds is 6. The lowest BCUT2D eigenvalue weighted by molar-refractivity contribution is 0.0342. The number of ether oxygens (including phenoxy) is 1. The number of amides is 1. The maximum atomic E-state index is 13.4. The van der Waals surface area contributed by atoms with E-state index in [1.807, 2.05) is 25.1 Å². The number of pyridine rings is 1. The molecular formula is C29H27ClN6O2S. The molecule has 10 heteroatoms. The van der Waals surface area contributed by atoms with Crippen molar-refractivity contribution in [2.45, 2.75) is 19.9 Å². The molecule has 4 heterocycles. The number of hydrogen-bond donors (Lipinski definition) is 2. The average Bonchev–Trinajstić information content (AvgIpc) is 3.39. The zero-order chi connectivity index (χ0) is 26.9. The summed E-state index contributed by atoms with van der Waals surface area (Å²) in [4.78, 5) is 28.8. The minimum absolute atomic E-state index is 0.237. The number of anilines is 2. The average molecular weight is 559 g/mol. The van der Waals surface area contributed by atoms with Crippen LogP contribution < -0.4 is 11.1 Å². The molecule has 8 nitrogen and oxygen atoms in total. The van der Waals surface area contributed by atoms with Crippen molar-refractivity contribution in [3.05, 3.63) is 87.3 Å². The summed E-state index contributed by atoms with van der Waals surface area (Å²) in [5, 5.41) is 7.59. The summed E-state index contributed by atoms with van der Waals surface area (Å²) in [6.45, 7) is 6.09. The molecule has 0 bridgehead atoms. The van der Waals surface area contributed by atoms with Crippen LogP contribution in [0, 0.1) is 6.92 Å². The van der Waals surface area contributed by atoms with Crippen molar-refractivity contribution in [3.8, 4) is 0 Å².